The molecule has 0 aliphatic carbocycles. The van der Waals surface area contributed by atoms with E-state index >= 15 is 0 Å². The Morgan fingerprint density at radius 2 is 1.56 bits per heavy atom. The molecule has 0 spiro atoms. The molecule has 9 nitrogen and oxygen atoms in total. The van der Waals surface area contributed by atoms with Crippen LogP contribution in [0.25, 0.3) is 0 Å². The third-order valence-electron chi connectivity index (χ3n) is 7.30. The number of nitrogens with zero attached hydrogens (tertiary/aromatic N) is 1. The van der Waals surface area contributed by atoms with Gasteiger partial charge in [-0.05, 0) is 81.1 Å². The highest BCUT2D eigenvalue weighted by atomic mass is 16.6. The number of amides is 3. The fourth-order valence-electron chi connectivity index (χ4n) is 5.05. The molecule has 0 heterocycles. The molecule has 3 amide bonds. The second-order valence-corrected chi connectivity index (χ2v) is 12.3. The van der Waals surface area contributed by atoms with Gasteiger partial charge in [0.05, 0.1) is 0 Å². The molecule has 4 N–H and O–H groups in total. The lowest BCUT2D eigenvalue weighted by Gasteiger charge is -2.35. The molecule has 2 atom stereocenters. The smallest absolute Gasteiger partial charge is 0.408 e. The van der Waals surface area contributed by atoms with Crippen molar-refractivity contribution in [1.29, 1.82) is 0 Å². The second-order valence-electron chi connectivity index (χ2n) is 12.3. The monoisotopic (exact) mass is 617 g/mol. The summed E-state index contributed by atoms with van der Waals surface area (Å²) >= 11 is 0. The summed E-state index contributed by atoms with van der Waals surface area (Å²) in [5, 5.41) is 25.9. The van der Waals surface area contributed by atoms with Gasteiger partial charge in [0.25, 0.3) is 5.91 Å². The first-order valence-corrected chi connectivity index (χ1v) is 15.6. The maximum Gasteiger partial charge on any atom is 0.408 e. The Kier molecular flexibility index (Phi) is 12.8. The lowest BCUT2D eigenvalue weighted by Crippen LogP contribution is -2.53. The van der Waals surface area contributed by atoms with Gasteiger partial charge in [-0.25, -0.2) is 4.79 Å². The number of nitrogens with one attached hydrogen (secondary N) is 2. The molecular weight excluding hydrogens is 570 g/mol. The van der Waals surface area contributed by atoms with E-state index in [-0.39, 0.29) is 24.5 Å². The summed E-state index contributed by atoms with van der Waals surface area (Å²) < 4.78 is 5.51. The fourth-order valence-corrected chi connectivity index (χ4v) is 5.05. The molecule has 0 saturated carbocycles. The van der Waals surface area contributed by atoms with Gasteiger partial charge in [-0.15, -0.1) is 0 Å². The van der Waals surface area contributed by atoms with Crippen LogP contribution >= 0.6 is 0 Å². The molecule has 45 heavy (non-hydrogen) atoms. The quantitative estimate of drug-likeness (QED) is 0.144. The van der Waals surface area contributed by atoms with Crippen LogP contribution in [-0.2, 0) is 20.7 Å². The van der Waals surface area contributed by atoms with Gasteiger partial charge in [0.15, 0.2) is 0 Å². The van der Waals surface area contributed by atoms with Crippen LogP contribution in [0.4, 0.5) is 10.5 Å². The minimum Gasteiger partial charge on any atom is -0.508 e. The minimum atomic E-state index is -1.11. The van der Waals surface area contributed by atoms with Crippen LogP contribution in [0.5, 0.6) is 11.5 Å². The molecular formula is C36H47N3O6. The standard InChI is InChI=1S/C36H47N3O6/c1-6-7-8-9-12-22-39(32(27-15-13-16-29(41)24-27)33(42)37-30-17-11-10-14-25(30)2)34(43)31(38-35(44)45-36(3,4)5)23-26-18-20-28(40)21-19-26/h10-11,13-21,24,31-32,40-41H,6-9,12,22-23H2,1-5H3,(H,37,42)(H,38,44). The van der Waals surface area contributed by atoms with E-state index in [0.717, 1.165) is 31.2 Å². The molecule has 0 saturated heterocycles. The van der Waals surface area contributed by atoms with Crippen molar-refractivity contribution in [3.05, 3.63) is 89.5 Å². The number of ether oxygens (including phenoxy) is 1. The Labute approximate surface area is 266 Å². The molecule has 3 aromatic carbocycles. The van der Waals surface area contributed by atoms with Gasteiger partial charge in [-0.2, -0.15) is 0 Å². The normalized spacial score (nSPS) is 12.6. The van der Waals surface area contributed by atoms with E-state index in [2.05, 4.69) is 17.6 Å². The Morgan fingerprint density at radius 3 is 2.20 bits per heavy atom. The highest BCUT2D eigenvalue weighted by Gasteiger charge is 2.36. The maximum absolute atomic E-state index is 14.6. The average molecular weight is 618 g/mol. The van der Waals surface area contributed by atoms with Gasteiger partial charge in [-0.3, -0.25) is 9.59 Å². The molecule has 0 aliphatic heterocycles. The van der Waals surface area contributed by atoms with Gasteiger partial charge >= 0.3 is 6.09 Å². The van der Waals surface area contributed by atoms with Crippen LogP contribution in [0, 0.1) is 6.92 Å². The van der Waals surface area contributed by atoms with Gasteiger partial charge in [0.2, 0.25) is 5.91 Å². The minimum absolute atomic E-state index is 0.0379. The van der Waals surface area contributed by atoms with E-state index in [1.807, 2.05) is 25.1 Å². The molecule has 0 fully saturated rings. The number of hydrogen-bond acceptors (Lipinski definition) is 6. The number of hydrogen-bond donors (Lipinski definition) is 4. The summed E-state index contributed by atoms with van der Waals surface area (Å²) in [5.41, 5.74) is 1.80. The Hall–Kier alpha value is -4.53. The summed E-state index contributed by atoms with van der Waals surface area (Å²) in [4.78, 5) is 43.3. The Morgan fingerprint density at radius 1 is 0.867 bits per heavy atom. The van der Waals surface area contributed by atoms with E-state index in [9.17, 15) is 24.6 Å². The van der Waals surface area contributed by atoms with Crippen LogP contribution in [0.15, 0.2) is 72.8 Å². The summed E-state index contributed by atoms with van der Waals surface area (Å²) in [6, 6.07) is 17.9. The predicted octanol–water partition coefficient (Wildman–Crippen LogP) is 7.02. The van der Waals surface area contributed by atoms with Crippen molar-refractivity contribution in [1.82, 2.24) is 10.2 Å². The van der Waals surface area contributed by atoms with Gasteiger partial charge in [0, 0.05) is 18.7 Å². The number of benzene rings is 3. The number of phenolic OH excluding ortho intramolecular Hbond substituents is 2. The van der Waals surface area contributed by atoms with Crippen molar-refractivity contribution in [2.45, 2.75) is 90.8 Å². The van der Waals surface area contributed by atoms with Crippen molar-refractivity contribution >= 4 is 23.6 Å². The van der Waals surface area contributed by atoms with Gasteiger partial charge in [0.1, 0.15) is 29.2 Å². The largest absolute Gasteiger partial charge is 0.508 e. The number of unbranched alkanes of at least 4 members (excludes halogenated alkanes) is 4. The predicted molar refractivity (Wildman–Crippen MR) is 176 cm³/mol. The SMILES string of the molecule is CCCCCCCN(C(=O)C(Cc1ccc(O)cc1)NC(=O)OC(C)(C)C)C(C(=O)Nc1ccccc1C)c1cccc(O)c1. The molecule has 0 radical (unpaired) electrons. The van der Waals surface area contributed by atoms with Crippen LogP contribution in [0.2, 0.25) is 0 Å². The fraction of sp³-hybridized carbons (Fsp3) is 0.417. The number of phenols is 2. The van der Waals surface area contributed by atoms with Crippen LogP contribution in [0.1, 0.15) is 82.5 Å². The molecule has 3 rings (SSSR count). The van der Waals surface area contributed by atoms with E-state index < -0.39 is 35.6 Å². The molecule has 0 aromatic heterocycles. The van der Waals surface area contributed by atoms with Crippen molar-refractivity contribution < 1.29 is 29.3 Å². The number of para-hydroxylation sites is 1. The topological polar surface area (TPSA) is 128 Å². The van der Waals surface area contributed by atoms with Crippen molar-refractivity contribution in [2.24, 2.45) is 0 Å². The first-order valence-electron chi connectivity index (χ1n) is 15.6. The number of rotatable bonds is 14. The number of anilines is 1. The van der Waals surface area contributed by atoms with Crippen molar-refractivity contribution in [3.63, 3.8) is 0 Å². The third-order valence-corrected chi connectivity index (χ3v) is 7.30. The molecule has 0 bridgehead atoms. The molecule has 9 heteroatoms. The summed E-state index contributed by atoms with van der Waals surface area (Å²) in [5.74, 6) is -0.883. The zero-order chi connectivity index (χ0) is 33.0. The van der Waals surface area contributed by atoms with E-state index in [1.165, 1.54) is 29.2 Å². The van der Waals surface area contributed by atoms with Gasteiger partial charge < -0.3 is 30.5 Å². The third kappa shape index (κ3) is 11.2. The molecule has 2 unspecified atom stereocenters. The van der Waals surface area contributed by atoms with Gasteiger partial charge in [-0.1, -0.05) is 75.1 Å². The number of aryl methyl sites for hydroxylation is 1. The Balaban J connectivity index is 2.07. The number of aromatic hydroxyl groups is 2. The number of alkyl carbamates (subject to hydrolysis) is 1. The molecule has 3 aromatic rings. The first kappa shape index (κ1) is 35.0. The summed E-state index contributed by atoms with van der Waals surface area (Å²) in [7, 11) is 0. The van der Waals surface area contributed by atoms with Crippen molar-refractivity contribution in [3.8, 4) is 11.5 Å². The lowest BCUT2D eigenvalue weighted by molar-refractivity contribution is -0.140. The van der Waals surface area contributed by atoms with Crippen LogP contribution in [-0.4, -0.2) is 51.2 Å². The Bertz CT molecular complexity index is 1420. The maximum atomic E-state index is 14.6. The number of carbonyl (C=O) groups is 3. The van der Waals surface area contributed by atoms with Crippen molar-refractivity contribution in [2.75, 3.05) is 11.9 Å². The first-order chi connectivity index (χ1) is 21.4. The number of carbonyl (C=O) groups excluding carboxylic acids is 3. The van der Waals surface area contributed by atoms with Crippen LogP contribution in [0.3, 0.4) is 0 Å². The van der Waals surface area contributed by atoms with E-state index in [0.29, 0.717) is 23.2 Å². The zero-order valence-corrected chi connectivity index (χ0v) is 27.0. The molecule has 0 aliphatic rings. The highest BCUT2D eigenvalue weighted by molar-refractivity contribution is 5.99. The molecule has 242 valence electrons. The average Bonchev–Trinajstić information content (AvgIpc) is 2.97. The highest BCUT2D eigenvalue weighted by Crippen LogP contribution is 2.29. The van der Waals surface area contributed by atoms with E-state index in [1.54, 1.807) is 51.1 Å². The lowest BCUT2D eigenvalue weighted by atomic mass is 9.99. The van der Waals surface area contributed by atoms with Crippen LogP contribution < -0.4 is 10.6 Å². The zero-order valence-electron chi connectivity index (χ0n) is 27.0. The van der Waals surface area contributed by atoms with E-state index in [4.69, 9.17) is 4.74 Å². The summed E-state index contributed by atoms with van der Waals surface area (Å²) in [6.45, 7) is 9.46. The summed E-state index contributed by atoms with van der Waals surface area (Å²) in [6.07, 6.45) is 3.92. The second kappa shape index (κ2) is 16.5.